The Bertz CT molecular complexity index is 894. The average Bonchev–Trinajstić information content (AvgIpc) is 2.54. The highest BCUT2D eigenvalue weighted by Crippen LogP contribution is 2.34. The molecule has 0 saturated carbocycles. The number of fused-ring (bicyclic) bond motifs is 1. The van der Waals surface area contributed by atoms with Crippen molar-refractivity contribution in [3.05, 3.63) is 48.0 Å². The zero-order valence-electron chi connectivity index (χ0n) is 12.8. The molecule has 0 amide bonds. The maximum Gasteiger partial charge on any atom is 0.416 e. The molecule has 2 N–H and O–H groups in total. The first-order valence-electron chi connectivity index (χ1n) is 7.27. The van der Waals surface area contributed by atoms with Crippen LogP contribution in [0.4, 0.5) is 19.0 Å². The van der Waals surface area contributed by atoms with Gasteiger partial charge in [0.15, 0.2) is 5.82 Å². The number of alkyl halides is 3. The third kappa shape index (κ3) is 3.17. The molecule has 3 rings (SSSR count). The van der Waals surface area contributed by atoms with Gasteiger partial charge in [-0.15, -0.1) is 11.8 Å². The van der Waals surface area contributed by atoms with Crippen molar-refractivity contribution < 1.29 is 13.2 Å². The second-order valence-electron chi connectivity index (χ2n) is 5.09. The Morgan fingerprint density at radius 3 is 2.54 bits per heavy atom. The number of rotatable bonds is 3. The van der Waals surface area contributed by atoms with Crippen molar-refractivity contribution in [1.29, 1.82) is 0 Å². The van der Waals surface area contributed by atoms with Gasteiger partial charge in [0.05, 0.1) is 11.1 Å². The van der Waals surface area contributed by atoms with Gasteiger partial charge < -0.3 is 5.73 Å². The molecule has 0 bridgehead atoms. The lowest BCUT2D eigenvalue weighted by Crippen LogP contribution is -2.06. The SMILES string of the molecule is CCSc1ccccc1-c1nc(N)c2ccc(C(F)(F)F)cc2n1. The molecule has 0 aliphatic carbocycles. The number of aromatic nitrogens is 2. The molecule has 0 saturated heterocycles. The van der Waals surface area contributed by atoms with Crippen LogP contribution >= 0.6 is 11.8 Å². The third-order valence-corrected chi connectivity index (χ3v) is 4.44. The molecule has 3 aromatic rings. The van der Waals surface area contributed by atoms with Gasteiger partial charge in [0.1, 0.15) is 5.82 Å². The van der Waals surface area contributed by atoms with E-state index in [-0.39, 0.29) is 11.3 Å². The molecular formula is C17H14F3N3S. The van der Waals surface area contributed by atoms with Crippen LogP contribution in [0.15, 0.2) is 47.4 Å². The van der Waals surface area contributed by atoms with Gasteiger partial charge in [-0.05, 0) is 30.0 Å². The standard InChI is InChI=1S/C17H14F3N3S/c1-2-24-14-6-4-3-5-12(14)16-22-13-9-10(17(18,19)20)7-8-11(13)15(21)23-16/h3-9H,2H2,1H3,(H2,21,22,23). The first-order chi connectivity index (χ1) is 11.4. The van der Waals surface area contributed by atoms with E-state index in [9.17, 15) is 13.2 Å². The smallest absolute Gasteiger partial charge is 0.383 e. The Balaban J connectivity index is 2.20. The molecule has 124 valence electrons. The first kappa shape index (κ1) is 16.6. The molecule has 0 fully saturated rings. The maximum absolute atomic E-state index is 12.9. The number of hydrogen-bond donors (Lipinski definition) is 1. The molecule has 0 spiro atoms. The predicted octanol–water partition coefficient (Wildman–Crippen LogP) is 5.01. The van der Waals surface area contributed by atoms with Crippen LogP contribution in [-0.2, 0) is 6.18 Å². The molecule has 3 nitrogen and oxygen atoms in total. The summed E-state index contributed by atoms with van der Waals surface area (Å²) in [7, 11) is 0. The fourth-order valence-corrected chi connectivity index (χ4v) is 3.18. The molecular weight excluding hydrogens is 335 g/mol. The van der Waals surface area contributed by atoms with Gasteiger partial charge in [0.25, 0.3) is 0 Å². The van der Waals surface area contributed by atoms with E-state index in [1.165, 1.54) is 6.07 Å². The Morgan fingerprint density at radius 1 is 1.08 bits per heavy atom. The van der Waals surface area contributed by atoms with E-state index in [0.717, 1.165) is 28.3 Å². The number of nitrogens with two attached hydrogens (primary N) is 1. The van der Waals surface area contributed by atoms with Crippen molar-refractivity contribution in [2.75, 3.05) is 11.5 Å². The summed E-state index contributed by atoms with van der Waals surface area (Å²) in [5.41, 5.74) is 6.13. The molecule has 0 atom stereocenters. The summed E-state index contributed by atoms with van der Waals surface area (Å²) in [5, 5.41) is 0.410. The zero-order valence-corrected chi connectivity index (χ0v) is 13.6. The Kier molecular flexibility index (Phi) is 4.36. The lowest BCUT2D eigenvalue weighted by Gasteiger charge is -2.11. The molecule has 2 aromatic carbocycles. The number of nitrogens with zero attached hydrogens (tertiary/aromatic N) is 2. The molecule has 24 heavy (non-hydrogen) atoms. The summed E-state index contributed by atoms with van der Waals surface area (Å²) in [5.74, 6) is 1.36. The number of benzene rings is 2. The van der Waals surface area contributed by atoms with Gasteiger partial charge in [-0.1, -0.05) is 25.1 Å². The third-order valence-electron chi connectivity index (χ3n) is 3.48. The fraction of sp³-hybridized carbons (Fsp3) is 0.176. The maximum atomic E-state index is 12.9. The number of anilines is 1. The topological polar surface area (TPSA) is 51.8 Å². The number of halogens is 3. The van der Waals surface area contributed by atoms with Crippen LogP contribution in [-0.4, -0.2) is 15.7 Å². The summed E-state index contributed by atoms with van der Waals surface area (Å²) in [6.07, 6.45) is -4.43. The molecule has 1 aromatic heterocycles. The van der Waals surface area contributed by atoms with Crippen molar-refractivity contribution >= 4 is 28.5 Å². The minimum atomic E-state index is -4.43. The molecule has 0 aliphatic heterocycles. The highest BCUT2D eigenvalue weighted by molar-refractivity contribution is 7.99. The van der Waals surface area contributed by atoms with Crippen molar-refractivity contribution in [1.82, 2.24) is 9.97 Å². The highest BCUT2D eigenvalue weighted by Gasteiger charge is 2.30. The van der Waals surface area contributed by atoms with Crippen LogP contribution < -0.4 is 5.73 Å². The summed E-state index contributed by atoms with van der Waals surface area (Å²) in [6.45, 7) is 2.02. The van der Waals surface area contributed by atoms with Crippen LogP contribution in [0.2, 0.25) is 0 Å². The monoisotopic (exact) mass is 349 g/mol. The van der Waals surface area contributed by atoms with Crippen LogP contribution in [0.25, 0.3) is 22.3 Å². The average molecular weight is 349 g/mol. The molecule has 7 heteroatoms. The van der Waals surface area contributed by atoms with Gasteiger partial charge in [-0.25, -0.2) is 9.97 Å². The van der Waals surface area contributed by atoms with Crippen molar-refractivity contribution in [2.24, 2.45) is 0 Å². The molecule has 0 radical (unpaired) electrons. The predicted molar refractivity (Wildman–Crippen MR) is 90.8 cm³/mol. The normalized spacial score (nSPS) is 11.8. The van der Waals surface area contributed by atoms with Crippen molar-refractivity contribution in [2.45, 2.75) is 18.0 Å². The summed E-state index contributed by atoms with van der Waals surface area (Å²) >= 11 is 1.61. The lowest BCUT2D eigenvalue weighted by atomic mass is 10.1. The van der Waals surface area contributed by atoms with Gasteiger partial charge >= 0.3 is 6.18 Å². The Labute approximate surface area is 141 Å². The van der Waals surface area contributed by atoms with E-state index in [2.05, 4.69) is 9.97 Å². The summed E-state index contributed by atoms with van der Waals surface area (Å²) in [6, 6.07) is 10.8. The minimum Gasteiger partial charge on any atom is -0.383 e. The van der Waals surface area contributed by atoms with Crippen molar-refractivity contribution in [3.8, 4) is 11.4 Å². The molecule has 1 heterocycles. The molecule has 0 aliphatic rings. The van der Waals surface area contributed by atoms with E-state index >= 15 is 0 Å². The Morgan fingerprint density at radius 2 is 1.83 bits per heavy atom. The highest BCUT2D eigenvalue weighted by atomic mass is 32.2. The van der Waals surface area contributed by atoms with E-state index in [1.54, 1.807) is 11.8 Å². The number of thioether (sulfide) groups is 1. The lowest BCUT2D eigenvalue weighted by molar-refractivity contribution is -0.137. The number of hydrogen-bond acceptors (Lipinski definition) is 4. The van der Waals surface area contributed by atoms with Gasteiger partial charge in [0, 0.05) is 15.8 Å². The van der Waals surface area contributed by atoms with E-state index < -0.39 is 11.7 Å². The van der Waals surface area contributed by atoms with Gasteiger partial charge in [0.2, 0.25) is 0 Å². The van der Waals surface area contributed by atoms with E-state index in [1.807, 2.05) is 31.2 Å². The van der Waals surface area contributed by atoms with Gasteiger partial charge in [-0.2, -0.15) is 13.2 Å². The van der Waals surface area contributed by atoms with E-state index in [0.29, 0.717) is 11.2 Å². The second kappa shape index (κ2) is 6.32. The van der Waals surface area contributed by atoms with Crippen LogP contribution in [0, 0.1) is 0 Å². The molecule has 0 unspecified atom stereocenters. The summed E-state index contributed by atoms with van der Waals surface area (Å²) < 4.78 is 38.8. The first-order valence-corrected chi connectivity index (χ1v) is 8.25. The Hall–Kier alpha value is -2.28. The van der Waals surface area contributed by atoms with E-state index in [4.69, 9.17) is 5.73 Å². The fourth-order valence-electron chi connectivity index (χ4n) is 2.38. The second-order valence-corrected chi connectivity index (χ2v) is 6.40. The van der Waals surface area contributed by atoms with Gasteiger partial charge in [-0.3, -0.25) is 0 Å². The van der Waals surface area contributed by atoms with Crippen LogP contribution in [0.1, 0.15) is 12.5 Å². The summed E-state index contributed by atoms with van der Waals surface area (Å²) in [4.78, 5) is 9.56. The quantitative estimate of drug-likeness (QED) is 0.675. The van der Waals surface area contributed by atoms with Crippen LogP contribution in [0.5, 0.6) is 0 Å². The number of nitrogen functional groups attached to an aromatic ring is 1. The zero-order chi connectivity index (χ0) is 17.3. The van der Waals surface area contributed by atoms with Crippen LogP contribution in [0.3, 0.4) is 0 Å². The largest absolute Gasteiger partial charge is 0.416 e. The van der Waals surface area contributed by atoms with Crippen molar-refractivity contribution in [3.63, 3.8) is 0 Å². The minimum absolute atomic E-state index is 0.167.